The molecule has 0 heterocycles. The number of rotatable bonds is 58. The average molecular weight is 1100 g/mol. The van der Waals surface area contributed by atoms with E-state index >= 15 is 0 Å². The fraction of sp³-hybridized carbons (Fsp3) is 0.935. The normalized spacial score (nSPS) is 12.9. The summed E-state index contributed by atoms with van der Waals surface area (Å²) in [6.45, 7) is 8.95. The smallest absolute Gasteiger partial charge is 0.726 e. The molecule has 0 radical (unpaired) electrons. The third-order valence-corrected chi connectivity index (χ3v) is 15.3. The van der Waals surface area contributed by atoms with Gasteiger partial charge in [-0.05, 0) is 38.5 Å². The summed E-state index contributed by atoms with van der Waals surface area (Å²) >= 11 is 0. The molecule has 0 saturated heterocycles. The van der Waals surface area contributed by atoms with Gasteiger partial charge in [-0.15, -0.1) is 0 Å². The summed E-state index contributed by atoms with van der Waals surface area (Å²) in [6.07, 6.45) is 73.7. The third kappa shape index (κ3) is 72.5. The van der Waals surface area contributed by atoms with Crippen molar-refractivity contribution in [2.24, 2.45) is 11.8 Å². The largest absolute Gasteiger partial charge is 2.00 e. The first-order chi connectivity index (χ1) is 35.0. The number of allylic oxidation sites excluding steroid dienone is 2. The Morgan fingerprint density at radius 3 is 0.671 bits per heavy atom. The molecule has 0 spiro atoms. The van der Waals surface area contributed by atoms with E-state index in [1.54, 1.807) is 0 Å². The molecule has 11 heteroatoms. The van der Waals surface area contributed by atoms with Gasteiger partial charge in [0.1, 0.15) is 0 Å². The standard InChI is InChI=1S/2C31H62O4S.Ca/c2*1-3-5-7-9-11-12-13-14-15-16-17-18-19-20-21-22-23-25-27-29-31(30-35-36(32,33)34)28-26-24-10-8-6-4-2;/h2*27,29,31H,3-26,28,30H2,1-2H3,(H,32,33,34);/q;;+2/p-2/b2*29-27+;. The Balaban J connectivity index is -0.00000132. The van der Waals surface area contributed by atoms with Gasteiger partial charge in [-0.3, -0.25) is 8.37 Å². The molecule has 0 aliphatic rings. The first kappa shape index (κ1) is 77.7. The monoisotopic (exact) mass is 1100 g/mol. The summed E-state index contributed by atoms with van der Waals surface area (Å²) in [5.74, 6) is 0.0383. The first-order valence-corrected chi connectivity index (χ1v) is 34.2. The molecule has 0 N–H and O–H groups in total. The van der Waals surface area contributed by atoms with E-state index in [0.717, 1.165) is 51.4 Å². The molecule has 2 unspecified atom stereocenters. The van der Waals surface area contributed by atoms with E-state index in [1.165, 1.54) is 270 Å². The van der Waals surface area contributed by atoms with Gasteiger partial charge in [-0.25, -0.2) is 16.8 Å². The Kier molecular flexibility index (Phi) is 67.4. The van der Waals surface area contributed by atoms with Crippen LogP contribution in [0.4, 0.5) is 0 Å². The van der Waals surface area contributed by atoms with Gasteiger partial charge in [-0.2, -0.15) is 0 Å². The molecule has 0 saturated carbocycles. The van der Waals surface area contributed by atoms with Crippen molar-refractivity contribution >= 4 is 58.5 Å². The van der Waals surface area contributed by atoms with Crippen LogP contribution in [-0.2, 0) is 29.2 Å². The predicted octanol–water partition coefficient (Wildman–Crippen LogP) is 20.5. The maximum Gasteiger partial charge on any atom is 2.00 e. The van der Waals surface area contributed by atoms with Crippen LogP contribution in [0, 0.1) is 11.8 Å². The molecule has 0 aromatic heterocycles. The molecule has 0 aliphatic heterocycles. The maximum absolute atomic E-state index is 10.8. The predicted molar refractivity (Wildman–Crippen MR) is 316 cm³/mol. The van der Waals surface area contributed by atoms with E-state index < -0.39 is 20.8 Å². The molecular weight excluding hydrogens is 977 g/mol. The summed E-state index contributed by atoms with van der Waals surface area (Å²) in [4.78, 5) is 0. The van der Waals surface area contributed by atoms with Gasteiger partial charge < -0.3 is 9.11 Å². The van der Waals surface area contributed by atoms with Crippen LogP contribution in [0.15, 0.2) is 24.3 Å². The van der Waals surface area contributed by atoms with Crippen molar-refractivity contribution in [1.82, 2.24) is 0 Å². The van der Waals surface area contributed by atoms with Gasteiger partial charge in [0.05, 0.1) is 13.2 Å². The molecule has 0 bridgehead atoms. The van der Waals surface area contributed by atoms with Crippen LogP contribution in [0.1, 0.15) is 349 Å². The molecule has 73 heavy (non-hydrogen) atoms. The van der Waals surface area contributed by atoms with Gasteiger partial charge in [0, 0.05) is 11.8 Å². The van der Waals surface area contributed by atoms with Crippen molar-refractivity contribution < 1.29 is 34.3 Å². The van der Waals surface area contributed by atoms with Crippen molar-refractivity contribution in [2.75, 3.05) is 13.2 Å². The Hall–Kier alpha value is 0.480. The molecule has 0 fully saturated rings. The topological polar surface area (TPSA) is 133 Å². The molecule has 432 valence electrons. The van der Waals surface area contributed by atoms with Crippen LogP contribution in [0.5, 0.6) is 0 Å². The van der Waals surface area contributed by atoms with E-state index in [2.05, 4.69) is 60.4 Å². The Morgan fingerprint density at radius 1 is 0.301 bits per heavy atom. The van der Waals surface area contributed by atoms with Gasteiger partial charge >= 0.3 is 37.7 Å². The quantitative estimate of drug-likeness (QED) is 0.0193. The molecular formula is C62H122CaO8S2. The number of unbranched alkanes of at least 4 members (excludes halogenated alkanes) is 44. The summed E-state index contributed by atoms with van der Waals surface area (Å²) in [5, 5.41) is 0. The summed E-state index contributed by atoms with van der Waals surface area (Å²) in [6, 6.07) is 0. The second-order valence-electron chi connectivity index (χ2n) is 21.8. The van der Waals surface area contributed by atoms with Crippen molar-refractivity contribution in [3.05, 3.63) is 24.3 Å². The van der Waals surface area contributed by atoms with Crippen molar-refractivity contribution in [3.63, 3.8) is 0 Å². The zero-order chi connectivity index (χ0) is 53.2. The molecule has 0 aromatic rings. The second-order valence-corrected chi connectivity index (χ2v) is 23.9. The fourth-order valence-corrected chi connectivity index (χ4v) is 10.4. The van der Waals surface area contributed by atoms with Crippen molar-refractivity contribution in [3.8, 4) is 0 Å². The van der Waals surface area contributed by atoms with Crippen LogP contribution >= 0.6 is 0 Å². The van der Waals surface area contributed by atoms with Crippen LogP contribution in [0.25, 0.3) is 0 Å². The summed E-state index contributed by atoms with van der Waals surface area (Å²) in [7, 11) is -9.22. The zero-order valence-corrected chi connectivity index (χ0v) is 52.9. The minimum atomic E-state index is -4.61. The number of hydrogen-bond acceptors (Lipinski definition) is 8. The van der Waals surface area contributed by atoms with E-state index in [4.69, 9.17) is 0 Å². The van der Waals surface area contributed by atoms with Gasteiger partial charge in [0.15, 0.2) is 0 Å². The van der Waals surface area contributed by atoms with E-state index in [1.807, 2.05) is 0 Å². The molecule has 8 nitrogen and oxygen atoms in total. The third-order valence-electron chi connectivity index (χ3n) is 14.5. The van der Waals surface area contributed by atoms with Crippen LogP contribution in [0.3, 0.4) is 0 Å². The molecule has 0 rings (SSSR count). The maximum atomic E-state index is 10.8. The minimum absolute atomic E-state index is 0. The minimum Gasteiger partial charge on any atom is -0.726 e. The summed E-state index contributed by atoms with van der Waals surface area (Å²) in [5.41, 5.74) is 0. The Bertz CT molecular complexity index is 1230. The molecule has 0 aliphatic carbocycles. The van der Waals surface area contributed by atoms with Crippen LogP contribution in [0.2, 0.25) is 0 Å². The Morgan fingerprint density at radius 2 is 0.479 bits per heavy atom. The molecule has 0 aromatic carbocycles. The van der Waals surface area contributed by atoms with Crippen molar-refractivity contribution in [2.45, 2.75) is 349 Å². The second kappa shape index (κ2) is 63.3. The summed E-state index contributed by atoms with van der Waals surface area (Å²) < 4.78 is 74.1. The SMILES string of the molecule is CCCCCCCCCCCCCCCCCCC/C=C/C(CCCCCCCC)COS(=O)(=O)[O-].CCCCCCCCCCCCCCCCCCC/C=C/C(CCCCCCCC)COS(=O)(=O)[O-].[Ca+2]. The Labute approximate surface area is 487 Å². The first-order valence-electron chi connectivity index (χ1n) is 31.5. The number of hydrogen-bond donors (Lipinski definition) is 0. The average Bonchev–Trinajstić information content (AvgIpc) is 3.35. The van der Waals surface area contributed by atoms with Crippen LogP contribution in [-0.4, -0.2) is 76.9 Å². The van der Waals surface area contributed by atoms with E-state index in [9.17, 15) is 25.9 Å². The van der Waals surface area contributed by atoms with E-state index in [0.29, 0.717) is 0 Å². The zero-order valence-electron chi connectivity index (χ0n) is 49.0. The fourth-order valence-electron chi connectivity index (χ4n) is 9.74. The van der Waals surface area contributed by atoms with Gasteiger partial charge in [-0.1, -0.05) is 335 Å². The molecule has 0 amide bonds. The van der Waals surface area contributed by atoms with Gasteiger partial charge in [0.2, 0.25) is 20.8 Å². The molecule has 2 atom stereocenters. The van der Waals surface area contributed by atoms with E-state index in [-0.39, 0.29) is 62.8 Å². The van der Waals surface area contributed by atoms with Crippen LogP contribution < -0.4 is 0 Å². The van der Waals surface area contributed by atoms with Crippen molar-refractivity contribution in [1.29, 1.82) is 0 Å². The van der Waals surface area contributed by atoms with Gasteiger partial charge in [0.25, 0.3) is 0 Å².